The van der Waals surface area contributed by atoms with Gasteiger partial charge in [-0.15, -0.1) is 0 Å². The Kier molecular flexibility index (Phi) is 9.05. The average molecular weight is 628 g/mol. The summed E-state index contributed by atoms with van der Waals surface area (Å²) < 4.78 is 68.7. The topological polar surface area (TPSA) is 70.2 Å². The van der Waals surface area contributed by atoms with E-state index in [1.165, 1.54) is 7.05 Å². The van der Waals surface area contributed by atoms with E-state index in [1.807, 2.05) is 11.8 Å². The molecule has 3 fully saturated rings. The van der Waals surface area contributed by atoms with Gasteiger partial charge in [0, 0.05) is 50.5 Å². The van der Waals surface area contributed by atoms with Gasteiger partial charge >= 0.3 is 18.2 Å². The molecule has 1 aromatic rings. The van der Waals surface area contributed by atoms with Crippen molar-refractivity contribution in [1.29, 1.82) is 0 Å². The van der Waals surface area contributed by atoms with Crippen LogP contribution in [0.15, 0.2) is 18.2 Å². The van der Waals surface area contributed by atoms with Gasteiger partial charge in [0.05, 0.1) is 29.1 Å². The number of hydrogen-bond donors (Lipinski definition) is 0. The molecule has 2 saturated heterocycles. The van der Waals surface area contributed by atoms with Crippen LogP contribution in [0, 0.1) is 11.3 Å². The van der Waals surface area contributed by atoms with E-state index >= 15 is 0 Å². The Morgan fingerprint density at radius 1 is 1.02 bits per heavy atom. The number of nitrogens with zero attached hydrogens (tertiary/aromatic N) is 3. The Balaban J connectivity index is 1.43. The Morgan fingerprint density at radius 2 is 1.66 bits per heavy atom. The summed E-state index contributed by atoms with van der Waals surface area (Å²) in [4.78, 5) is 43.5. The number of piperidine rings is 1. The molecule has 0 aromatic heterocycles. The molecular weight excluding hydrogens is 596 g/mol. The molecule has 0 spiro atoms. The molecule has 0 unspecified atom stereocenters. The largest absolute Gasteiger partial charge is 0.453 e. The third kappa shape index (κ3) is 6.84. The van der Waals surface area contributed by atoms with Crippen molar-refractivity contribution in [2.45, 2.75) is 63.1 Å². The summed E-state index contributed by atoms with van der Waals surface area (Å²) in [5, 5.41) is 0.561. The fourth-order valence-corrected chi connectivity index (χ4v) is 5.75. The third-order valence-corrected chi connectivity index (χ3v) is 9.20. The van der Waals surface area contributed by atoms with Crippen molar-refractivity contribution in [2.75, 3.05) is 39.8 Å². The van der Waals surface area contributed by atoms with Gasteiger partial charge in [0.1, 0.15) is 0 Å². The number of hydrogen-bond acceptors (Lipinski definition) is 4. The normalized spacial score (nSPS) is 23.0. The SMILES string of the molecule is CN(C(=O)OCCC(F)(F)C(F)(F)F)[C@H]1CN(C(=O)C2CCN(C(=O)C3(C)CC3)CC2)C[C@@H]1c1ccc(Cl)c(Cl)c1. The molecule has 14 heteroatoms. The van der Waals surface area contributed by atoms with Crippen LogP contribution in [0.5, 0.6) is 0 Å². The van der Waals surface area contributed by atoms with Gasteiger partial charge in [-0.05, 0) is 43.4 Å². The average Bonchev–Trinajstić information content (AvgIpc) is 3.51. The molecule has 228 valence electrons. The van der Waals surface area contributed by atoms with Gasteiger partial charge in [0.2, 0.25) is 11.8 Å². The van der Waals surface area contributed by atoms with Crippen molar-refractivity contribution in [1.82, 2.24) is 14.7 Å². The van der Waals surface area contributed by atoms with Crippen LogP contribution in [0.3, 0.4) is 0 Å². The standard InChI is InChI=1S/C27H32Cl2F5N3O4/c1-25(7-8-25)23(39)36-10-5-16(6-11-36)22(38)37-14-18(17-3-4-19(28)20(29)13-17)21(15-37)35(2)24(40)41-12-9-26(30,31)27(32,33)34/h3-4,13,16,18,21H,5-12,14-15H2,1-2H3/t18-,21+/m1/s1. The minimum atomic E-state index is -5.75. The van der Waals surface area contributed by atoms with Gasteiger partial charge in [-0.1, -0.05) is 36.2 Å². The first kappa shape index (κ1) is 31.6. The summed E-state index contributed by atoms with van der Waals surface area (Å²) in [5.41, 5.74) is 0.384. The molecule has 0 bridgehead atoms. The molecular formula is C27H32Cl2F5N3O4. The lowest BCUT2D eigenvalue weighted by atomic mass is 9.93. The van der Waals surface area contributed by atoms with Gasteiger partial charge in [-0.3, -0.25) is 9.59 Å². The summed E-state index contributed by atoms with van der Waals surface area (Å²) in [7, 11) is 1.34. The highest BCUT2D eigenvalue weighted by Gasteiger charge is 2.57. The number of ether oxygens (including phenoxy) is 1. The maximum atomic E-state index is 13.5. The summed E-state index contributed by atoms with van der Waals surface area (Å²) in [5.74, 6) is -5.78. The van der Waals surface area contributed by atoms with E-state index in [4.69, 9.17) is 27.9 Å². The molecule has 2 atom stereocenters. The van der Waals surface area contributed by atoms with Gasteiger partial charge < -0.3 is 19.4 Å². The molecule has 2 heterocycles. The van der Waals surface area contributed by atoms with Crippen LogP contribution in [0.2, 0.25) is 10.0 Å². The van der Waals surface area contributed by atoms with E-state index in [0.29, 0.717) is 36.5 Å². The first-order valence-corrected chi connectivity index (χ1v) is 14.2. The van der Waals surface area contributed by atoms with Crippen molar-refractivity contribution >= 4 is 41.1 Å². The van der Waals surface area contributed by atoms with E-state index in [9.17, 15) is 36.3 Å². The Bertz CT molecular complexity index is 1170. The van der Waals surface area contributed by atoms with Crippen LogP contribution in [-0.4, -0.2) is 90.6 Å². The summed E-state index contributed by atoms with van der Waals surface area (Å²) in [6, 6.07) is 4.21. The van der Waals surface area contributed by atoms with E-state index in [1.54, 1.807) is 23.1 Å². The molecule has 0 N–H and O–H groups in total. The van der Waals surface area contributed by atoms with Gasteiger partial charge in [0.15, 0.2) is 0 Å². The number of likely N-dealkylation sites (tertiary alicyclic amines) is 2. The second-order valence-corrected chi connectivity index (χ2v) is 12.2. The second kappa shape index (κ2) is 11.7. The second-order valence-electron chi connectivity index (χ2n) is 11.4. The summed E-state index contributed by atoms with van der Waals surface area (Å²) in [6.45, 7) is 2.07. The number of likely N-dealkylation sites (N-methyl/N-ethyl adjacent to an activating group) is 1. The molecule has 3 amide bonds. The smallest absolute Gasteiger partial charge is 0.449 e. The van der Waals surface area contributed by atoms with Crippen LogP contribution in [0.1, 0.15) is 50.5 Å². The summed E-state index contributed by atoms with van der Waals surface area (Å²) in [6.07, 6.45) is -5.80. The summed E-state index contributed by atoms with van der Waals surface area (Å²) >= 11 is 12.3. The van der Waals surface area contributed by atoms with E-state index in [-0.39, 0.29) is 41.3 Å². The van der Waals surface area contributed by atoms with E-state index in [2.05, 4.69) is 0 Å². The molecule has 1 saturated carbocycles. The highest BCUT2D eigenvalue weighted by atomic mass is 35.5. The number of alkyl halides is 5. The lowest BCUT2D eigenvalue weighted by molar-refractivity contribution is -0.286. The highest BCUT2D eigenvalue weighted by molar-refractivity contribution is 6.42. The number of carbonyl (C=O) groups excluding carboxylic acids is 3. The molecule has 4 rings (SSSR count). The first-order valence-electron chi connectivity index (χ1n) is 13.4. The van der Waals surface area contributed by atoms with Gasteiger partial charge in [-0.2, -0.15) is 22.0 Å². The maximum Gasteiger partial charge on any atom is 0.453 e. The van der Waals surface area contributed by atoms with Crippen molar-refractivity contribution in [3.05, 3.63) is 33.8 Å². The van der Waals surface area contributed by atoms with Crippen LogP contribution in [-0.2, 0) is 14.3 Å². The van der Waals surface area contributed by atoms with Crippen molar-refractivity contribution in [3.8, 4) is 0 Å². The van der Waals surface area contributed by atoms with Crippen molar-refractivity contribution < 1.29 is 41.1 Å². The minimum Gasteiger partial charge on any atom is -0.449 e. The van der Waals surface area contributed by atoms with Crippen LogP contribution < -0.4 is 0 Å². The van der Waals surface area contributed by atoms with Crippen molar-refractivity contribution in [2.24, 2.45) is 11.3 Å². The fraction of sp³-hybridized carbons (Fsp3) is 0.667. The molecule has 0 radical (unpaired) electrons. The van der Waals surface area contributed by atoms with E-state index in [0.717, 1.165) is 17.7 Å². The third-order valence-electron chi connectivity index (χ3n) is 8.46. The van der Waals surface area contributed by atoms with Gasteiger partial charge in [0.25, 0.3) is 0 Å². The molecule has 2 aliphatic heterocycles. The number of benzene rings is 1. The quantitative estimate of drug-likeness (QED) is 0.349. The van der Waals surface area contributed by atoms with Crippen molar-refractivity contribution in [3.63, 3.8) is 0 Å². The molecule has 1 aromatic carbocycles. The predicted molar refractivity (Wildman–Crippen MR) is 141 cm³/mol. The molecule has 7 nitrogen and oxygen atoms in total. The lowest BCUT2D eigenvalue weighted by Crippen LogP contribution is -2.46. The monoisotopic (exact) mass is 627 g/mol. The number of halogens is 7. The zero-order chi connectivity index (χ0) is 30.3. The Morgan fingerprint density at radius 3 is 2.22 bits per heavy atom. The molecule has 41 heavy (non-hydrogen) atoms. The zero-order valence-electron chi connectivity index (χ0n) is 22.7. The Hall–Kier alpha value is -2.34. The predicted octanol–water partition coefficient (Wildman–Crippen LogP) is 5.98. The lowest BCUT2D eigenvalue weighted by Gasteiger charge is -2.34. The van der Waals surface area contributed by atoms with Crippen LogP contribution in [0.4, 0.5) is 26.7 Å². The van der Waals surface area contributed by atoms with Crippen LogP contribution in [0.25, 0.3) is 0 Å². The van der Waals surface area contributed by atoms with E-state index < -0.39 is 43.2 Å². The van der Waals surface area contributed by atoms with Gasteiger partial charge in [-0.25, -0.2) is 4.79 Å². The number of rotatable bonds is 7. The fourth-order valence-electron chi connectivity index (χ4n) is 5.45. The molecule has 3 aliphatic rings. The van der Waals surface area contributed by atoms with Crippen LogP contribution >= 0.6 is 23.2 Å². The maximum absolute atomic E-state index is 13.5. The zero-order valence-corrected chi connectivity index (χ0v) is 24.2. The number of amides is 3. The Labute approximate surface area is 244 Å². The molecule has 1 aliphatic carbocycles. The highest BCUT2D eigenvalue weighted by Crippen LogP contribution is 2.47. The first-order chi connectivity index (χ1) is 19.0. The number of carbonyl (C=O) groups is 3. The minimum absolute atomic E-state index is 0.0886.